The first kappa shape index (κ1) is 11.4. The molecule has 0 amide bonds. The van der Waals surface area contributed by atoms with E-state index in [0.29, 0.717) is 16.4 Å². The van der Waals surface area contributed by atoms with E-state index in [1.807, 2.05) is 0 Å². The van der Waals surface area contributed by atoms with Crippen LogP contribution >= 0.6 is 11.6 Å². The van der Waals surface area contributed by atoms with E-state index in [0.717, 1.165) is 4.68 Å². The number of hydrogen-bond acceptors (Lipinski definition) is 3. The molecule has 0 spiro atoms. The summed E-state index contributed by atoms with van der Waals surface area (Å²) in [5.74, 6) is -0.811. The number of carboxylic acids is 1. The van der Waals surface area contributed by atoms with Crippen LogP contribution in [0, 0.1) is 0 Å². The molecule has 6 nitrogen and oxygen atoms in total. The van der Waals surface area contributed by atoms with Gasteiger partial charge in [0, 0.05) is 10.6 Å². The van der Waals surface area contributed by atoms with Gasteiger partial charge in [-0.2, -0.15) is 0 Å². The number of aromatic nitrogens is 3. The third-order valence-electron chi connectivity index (χ3n) is 2.08. The van der Waals surface area contributed by atoms with Crippen LogP contribution in [0.5, 0.6) is 0 Å². The summed E-state index contributed by atoms with van der Waals surface area (Å²) in [6, 6.07) is 6.69. The summed E-state index contributed by atoms with van der Waals surface area (Å²) in [7, 11) is 0. The van der Waals surface area contributed by atoms with Crippen LogP contribution in [0.4, 0.5) is 0 Å². The van der Waals surface area contributed by atoms with Crippen molar-refractivity contribution in [2.45, 2.75) is 6.54 Å². The maximum atomic E-state index is 11.4. The smallest absolute Gasteiger partial charge is 0.344 e. The van der Waals surface area contributed by atoms with Gasteiger partial charge in [-0.1, -0.05) is 11.6 Å². The van der Waals surface area contributed by atoms with Crippen LogP contribution in [0.15, 0.2) is 29.1 Å². The third-order valence-corrected chi connectivity index (χ3v) is 2.34. The van der Waals surface area contributed by atoms with Crippen molar-refractivity contribution in [1.82, 2.24) is 14.8 Å². The van der Waals surface area contributed by atoms with E-state index in [1.165, 1.54) is 0 Å². The molecule has 1 aromatic carbocycles. The molecule has 0 unspecified atom stereocenters. The summed E-state index contributed by atoms with van der Waals surface area (Å²) in [5.41, 5.74) is 0.105. The number of H-pyrrole nitrogens is 1. The van der Waals surface area contributed by atoms with E-state index in [9.17, 15) is 9.59 Å². The highest BCUT2D eigenvalue weighted by molar-refractivity contribution is 6.30. The lowest BCUT2D eigenvalue weighted by molar-refractivity contribution is -0.137. The van der Waals surface area contributed by atoms with E-state index >= 15 is 0 Å². The number of aromatic amines is 1. The molecule has 0 aliphatic heterocycles. The van der Waals surface area contributed by atoms with Crippen molar-refractivity contribution in [2.75, 3.05) is 0 Å². The first-order valence-electron chi connectivity index (χ1n) is 4.71. The van der Waals surface area contributed by atoms with Crippen LogP contribution in [-0.2, 0) is 11.3 Å². The van der Waals surface area contributed by atoms with Crippen molar-refractivity contribution >= 4 is 17.6 Å². The summed E-state index contributed by atoms with van der Waals surface area (Å²) < 4.78 is 0.853. The fourth-order valence-electron chi connectivity index (χ4n) is 1.33. The average Bonchev–Trinajstić information content (AvgIpc) is 2.60. The Morgan fingerprint density at radius 1 is 1.41 bits per heavy atom. The second kappa shape index (κ2) is 4.42. The molecule has 0 saturated heterocycles. The van der Waals surface area contributed by atoms with Gasteiger partial charge in [-0.25, -0.2) is 9.48 Å². The maximum absolute atomic E-state index is 11.4. The zero-order valence-electron chi connectivity index (χ0n) is 8.55. The van der Waals surface area contributed by atoms with Gasteiger partial charge in [0.1, 0.15) is 6.54 Å². The Balaban J connectivity index is 2.37. The minimum absolute atomic E-state index is 0.313. The van der Waals surface area contributed by atoms with Crippen molar-refractivity contribution in [2.24, 2.45) is 0 Å². The quantitative estimate of drug-likeness (QED) is 0.853. The summed E-state index contributed by atoms with van der Waals surface area (Å²) in [5, 5.41) is 13.0. The van der Waals surface area contributed by atoms with Gasteiger partial charge in [0.05, 0.1) is 0 Å². The number of halogens is 1. The van der Waals surface area contributed by atoms with E-state index < -0.39 is 18.2 Å². The van der Waals surface area contributed by atoms with E-state index in [-0.39, 0.29) is 0 Å². The van der Waals surface area contributed by atoms with Gasteiger partial charge in [-0.05, 0) is 24.3 Å². The third kappa shape index (κ3) is 2.54. The van der Waals surface area contributed by atoms with Crippen LogP contribution in [0.1, 0.15) is 0 Å². The molecule has 0 saturated carbocycles. The number of carbonyl (C=O) groups is 1. The molecule has 0 aliphatic rings. The number of benzene rings is 1. The number of nitrogens with one attached hydrogen (secondary N) is 1. The van der Waals surface area contributed by atoms with Gasteiger partial charge < -0.3 is 5.11 Å². The maximum Gasteiger partial charge on any atom is 0.344 e. The normalized spacial score (nSPS) is 10.4. The zero-order valence-corrected chi connectivity index (χ0v) is 9.31. The van der Waals surface area contributed by atoms with Crippen LogP contribution in [-0.4, -0.2) is 25.8 Å². The Kier molecular flexibility index (Phi) is 2.97. The second-order valence-electron chi connectivity index (χ2n) is 3.34. The van der Waals surface area contributed by atoms with Gasteiger partial charge in [0.25, 0.3) is 0 Å². The summed E-state index contributed by atoms with van der Waals surface area (Å²) in [6.07, 6.45) is 0. The molecule has 17 heavy (non-hydrogen) atoms. The Bertz CT molecular complexity index is 600. The highest BCUT2D eigenvalue weighted by Gasteiger charge is 2.09. The monoisotopic (exact) mass is 253 g/mol. The molecule has 0 aliphatic carbocycles. The Labute approximate surface area is 100 Å². The number of aliphatic carboxylic acids is 1. The molecule has 88 valence electrons. The lowest BCUT2D eigenvalue weighted by Crippen LogP contribution is -2.22. The van der Waals surface area contributed by atoms with Crippen LogP contribution < -0.4 is 5.69 Å². The van der Waals surface area contributed by atoms with Gasteiger partial charge >= 0.3 is 11.7 Å². The Hall–Kier alpha value is -2.08. The molecule has 2 N–H and O–H groups in total. The molecule has 1 aromatic heterocycles. The number of carboxylic acid groups (broad SMARTS) is 1. The Morgan fingerprint density at radius 2 is 2.06 bits per heavy atom. The van der Waals surface area contributed by atoms with Gasteiger partial charge in [0.15, 0.2) is 5.82 Å². The largest absolute Gasteiger partial charge is 0.480 e. The first-order chi connectivity index (χ1) is 8.06. The van der Waals surface area contributed by atoms with Gasteiger partial charge in [-0.3, -0.25) is 9.78 Å². The van der Waals surface area contributed by atoms with Gasteiger partial charge in [0.2, 0.25) is 0 Å². The molecule has 0 fully saturated rings. The summed E-state index contributed by atoms with van der Waals surface area (Å²) in [4.78, 5) is 24.3. The van der Waals surface area contributed by atoms with E-state index in [1.54, 1.807) is 24.3 Å². The fraction of sp³-hybridized carbons (Fsp3) is 0.100. The van der Waals surface area contributed by atoms with Crippen molar-refractivity contribution < 1.29 is 9.90 Å². The highest BCUT2D eigenvalue weighted by atomic mass is 35.5. The summed E-state index contributed by atoms with van der Waals surface area (Å²) in [6.45, 7) is -0.469. The number of hydrogen-bond donors (Lipinski definition) is 2. The number of nitrogens with zero attached hydrogens (tertiary/aromatic N) is 2. The minimum atomic E-state index is -1.12. The van der Waals surface area contributed by atoms with E-state index in [4.69, 9.17) is 16.7 Å². The SMILES string of the molecule is O=C(O)Cn1nc(-c2ccc(Cl)cc2)[nH]c1=O. The lowest BCUT2D eigenvalue weighted by atomic mass is 10.2. The molecule has 0 bridgehead atoms. The molecule has 0 atom stereocenters. The molecule has 2 rings (SSSR count). The fourth-order valence-corrected chi connectivity index (χ4v) is 1.46. The summed E-state index contributed by atoms with van der Waals surface area (Å²) >= 11 is 5.73. The number of rotatable bonds is 3. The van der Waals surface area contributed by atoms with Crippen molar-refractivity contribution in [1.29, 1.82) is 0 Å². The predicted octanol–water partition coefficient (Wildman–Crippen LogP) is 0.976. The van der Waals surface area contributed by atoms with Crippen LogP contribution in [0.3, 0.4) is 0 Å². The van der Waals surface area contributed by atoms with Gasteiger partial charge in [-0.15, -0.1) is 5.10 Å². The standard InChI is InChI=1S/C10H8ClN3O3/c11-7-3-1-6(2-4-7)9-12-10(17)14(13-9)5-8(15)16/h1-4H,5H2,(H,15,16)(H,12,13,17). The predicted molar refractivity (Wildman–Crippen MR) is 60.9 cm³/mol. The molecule has 7 heteroatoms. The highest BCUT2D eigenvalue weighted by Crippen LogP contribution is 2.16. The van der Waals surface area contributed by atoms with Crippen molar-refractivity contribution in [3.63, 3.8) is 0 Å². The van der Waals surface area contributed by atoms with Crippen LogP contribution in [0.2, 0.25) is 5.02 Å². The van der Waals surface area contributed by atoms with E-state index in [2.05, 4.69) is 10.1 Å². The van der Waals surface area contributed by atoms with Crippen molar-refractivity contribution in [3.8, 4) is 11.4 Å². The Morgan fingerprint density at radius 3 is 2.65 bits per heavy atom. The molecule has 1 heterocycles. The molecular formula is C10H8ClN3O3. The lowest BCUT2D eigenvalue weighted by Gasteiger charge is -1.95. The average molecular weight is 254 g/mol. The minimum Gasteiger partial charge on any atom is -0.480 e. The van der Waals surface area contributed by atoms with Crippen LogP contribution in [0.25, 0.3) is 11.4 Å². The molecular weight excluding hydrogens is 246 g/mol. The first-order valence-corrected chi connectivity index (χ1v) is 5.09. The zero-order chi connectivity index (χ0) is 12.4. The topological polar surface area (TPSA) is 88.0 Å². The second-order valence-corrected chi connectivity index (χ2v) is 3.77. The van der Waals surface area contributed by atoms with Crippen molar-refractivity contribution in [3.05, 3.63) is 39.8 Å². The molecule has 2 aromatic rings. The molecule has 0 radical (unpaired) electrons.